The van der Waals surface area contributed by atoms with Gasteiger partial charge < -0.3 is 10.0 Å². The smallest absolute Gasteiger partial charge is 0.228 e. The zero-order valence-corrected chi connectivity index (χ0v) is 11.0. The first-order chi connectivity index (χ1) is 8.63. The summed E-state index contributed by atoms with van der Waals surface area (Å²) in [5.41, 5.74) is 1.87. The van der Waals surface area contributed by atoms with E-state index >= 15 is 0 Å². The molecule has 1 fully saturated rings. The average molecular weight is 248 g/mol. The summed E-state index contributed by atoms with van der Waals surface area (Å²) in [5.74, 6) is 0.448. The molecule has 1 aliphatic rings. The van der Waals surface area contributed by atoms with E-state index in [2.05, 4.69) is 11.9 Å². The Morgan fingerprint density at radius 1 is 1.61 bits per heavy atom. The minimum absolute atomic E-state index is 0.0264. The normalized spacial score (nSPS) is 23.4. The van der Waals surface area contributed by atoms with E-state index in [9.17, 15) is 9.90 Å². The van der Waals surface area contributed by atoms with Gasteiger partial charge in [0.2, 0.25) is 5.91 Å². The van der Waals surface area contributed by atoms with Crippen molar-refractivity contribution in [3.63, 3.8) is 0 Å². The molecule has 0 bridgehead atoms. The molecule has 0 aromatic carbocycles. The third-order valence-electron chi connectivity index (χ3n) is 3.83. The standard InChI is InChI=1S/C14H20N2O2/c1-10-4-3-6-15-12(10)8-14(18)16-7-5-11(2)13(16)9-17/h3-4,6,11,13,17H,5,7-9H2,1-2H3. The molecule has 1 saturated heterocycles. The quantitative estimate of drug-likeness (QED) is 0.873. The zero-order valence-electron chi connectivity index (χ0n) is 11.0. The summed E-state index contributed by atoms with van der Waals surface area (Å²) in [6.07, 6.45) is 3.01. The molecule has 98 valence electrons. The molecule has 0 saturated carbocycles. The van der Waals surface area contributed by atoms with Crippen LogP contribution in [0.15, 0.2) is 18.3 Å². The highest BCUT2D eigenvalue weighted by Gasteiger charge is 2.33. The predicted octanol–water partition coefficient (Wildman–Crippen LogP) is 1.16. The molecule has 0 radical (unpaired) electrons. The highest BCUT2D eigenvalue weighted by molar-refractivity contribution is 5.79. The van der Waals surface area contributed by atoms with E-state index in [1.165, 1.54) is 0 Å². The highest BCUT2D eigenvalue weighted by atomic mass is 16.3. The lowest BCUT2D eigenvalue weighted by Gasteiger charge is -2.25. The van der Waals surface area contributed by atoms with Crippen LogP contribution in [0.4, 0.5) is 0 Å². The van der Waals surface area contributed by atoms with Crippen molar-refractivity contribution in [2.75, 3.05) is 13.2 Å². The monoisotopic (exact) mass is 248 g/mol. The molecule has 1 aromatic rings. The number of nitrogens with zero attached hydrogens (tertiary/aromatic N) is 2. The number of hydrogen-bond acceptors (Lipinski definition) is 3. The van der Waals surface area contributed by atoms with Crippen LogP contribution in [-0.2, 0) is 11.2 Å². The van der Waals surface area contributed by atoms with Gasteiger partial charge in [-0.1, -0.05) is 13.0 Å². The van der Waals surface area contributed by atoms with Gasteiger partial charge in [-0.05, 0) is 30.9 Å². The van der Waals surface area contributed by atoms with E-state index in [1.54, 1.807) is 11.1 Å². The van der Waals surface area contributed by atoms with Gasteiger partial charge in [0.15, 0.2) is 0 Å². The van der Waals surface area contributed by atoms with Crippen LogP contribution in [-0.4, -0.2) is 40.1 Å². The van der Waals surface area contributed by atoms with Gasteiger partial charge in [0, 0.05) is 12.7 Å². The number of rotatable bonds is 3. The molecule has 18 heavy (non-hydrogen) atoms. The molecule has 1 N–H and O–H groups in total. The summed E-state index contributed by atoms with van der Waals surface area (Å²) in [7, 11) is 0. The van der Waals surface area contributed by atoms with Crippen molar-refractivity contribution in [1.82, 2.24) is 9.88 Å². The summed E-state index contributed by atoms with van der Waals surface area (Å²) in [6.45, 7) is 4.84. The first-order valence-corrected chi connectivity index (χ1v) is 6.44. The molecular weight excluding hydrogens is 228 g/mol. The van der Waals surface area contributed by atoms with Crippen LogP contribution in [0, 0.1) is 12.8 Å². The molecule has 2 unspecified atom stereocenters. The molecule has 1 aliphatic heterocycles. The van der Waals surface area contributed by atoms with Gasteiger partial charge in [0.05, 0.1) is 24.8 Å². The number of carbonyl (C=O) groups excluding carboxylic acids is 1. The van der Waals surface area contributed by atoms with Gasteiger partial charge in [-0.3, -0.25) is 9.78 Å². The number of aryl methyl sites for hydroxylation is 1. The Kier molecular flexibility index (Phi) is 3.97. The van der Waals surface area contributed by atoms with Crippen molar-refractivity contribution < 1.29 is 9.90 Å². The van der Waals surface area contributed by atoms with Gasteiger partial charge in [0.25, 0.3) is 0 Å². The van der Waals surface area contributed by atoms with Gasteiger partial charge in [-0.15, -0.1) is 0 Å². The summed E-state index contributed by atoms with van der Waals surface area (Å²) in [4.78, 5) is 18.3. The molecule has 0 aliphatic carbocycles. The van der Waals surface area contributed by atoms with Gasteiger partial charge >= 0.3 is 0 Å². The fourth-order valence-electron chi connectivity index (χ4n) is 2.54. The number of carbonyl (C=O) groups is 1. The number of hydrogen-bond donors (Lipinski definition) is 1. The van der Waals surface area contributed by atoms with Crippen molar-refractivity contribution in [2.45, 2.75) is 32.7 Å². The first kappa shape index (κ1) is 13.0. The lowest BCUT2D eigenvalue weighted by atomic mass is 10.0. The second kappa shape index (κ2) is 5.48. The average Bonchev–Trinajstić information content (AvgIpc) is 2.73. The number of aromatic nitrogens is 1. The van der Waals surface area contributed by atoms with Crippen molar-refractivity contribution >= 4 is 5.91 Å². The molecule has 1 amide bonds. The molecule has 0 spiro atoms. The Hall–Kier alpha value is -1.42. The highest BCUT2D eigenvalue weighted by Crippen LogP contribution is 2.24. The Morgan fingerprint density at radius 2 is 2.39 bits per heavy atom. The third kappa shape index (κ3) is 2.53. The summed E-state index contributed by atoms with van der Waals surface area (Å²) in [5, 5.41) is 9.37. The molecule has 2 atom stereocenters. The molecule has 4 nitrogen and oxygen atoms in total. The molecule has 2 rings (SSSR count). The largest absolute Gasteiger partial charge is 0.394 e. The number of likely N-dealkylation sites (tertiary alicyclic amines) is 1. The van der Waals surface area contributed by atoms with Gasteiger partial charge in [0.1, 0.15) is 0 Å². The Morgan fingerprint density at radius 3 is 3.06 bits per heavy atom. The zero-order chi connectivity index (χ0) is 13.1. The third-order valence-corrected chi connectivity index (χ3v) is 3.83. The topological polar surface area (TPSA) is 53.4 Å². The number of aliphatic hydroxyl groups is 1. The van der Waals surface area contributed by atoms with Crippen LogP contribution < -0.4 is 0 Å². The number of amides is 1. The van der Waals surface area contributed by atoms with Gasteiger partial charge in [-0.2, -0.15) is 0 Å². The van der Waals surface area contributed by atoms with Crippen molar-refractivity contribution in [1.29, 1.82) is 0 Å². The van der Waals surface area contributed by atoms with E-state index in [-0.39, 0.29) is 18.6 Å². The van der Waals surface area contributed by atoms with Crippen molar-refractivity contribution in [2.24, 2.45) is 5.92 Å². The fourth-order valence-corrected chi connectivity index (χ4v) is 2.54. The van der Waals surface area contributed by atoms with Crippen LogP contribution in [0.3, 0.4) is 0 Å². The summed E-state index contributed by atoms with van der Waals surface area (Å²) < 4.78 is 0. The molecular formula is C14H20N2O2. The summed E-state index contributed by atoms with van der Waals surface area (Å²) in [6, 6.07) is 3.81. The lowest BCUT2D eigenvalue weighted by Crippen LogP contribution is -2.40. The van der Waals surface area contributed by atoms with Crippen LogP contribution in [0.2, 0.25) is 0 Å². The van der Waals surface area contributed by atoms with Gasteiger partial charge in [-0.25, -0.2) is 0 Å². The minimum Gasteiger partial charge on any atom is -0.394 e. The predicted molar refractivity (Wildman–Crippen MR) is 69.0 cm³/mol. The Bertz CT molecular complexity index is 434. The van der Waals surface area contributed by atoms with E-state index in [4.69, 9.17) is 0 Å². The second-order valence-electron chi connectivity index (χ2n) is 5.05. The SMILES string of the molecule is Cc1cccnc1CC(=O)N1CCC(C)C1CO. The lowest BCUT2D eigenvalue weighted by molar-refractivity contribution is -0.132. The minimum atomic E-state index is -0.0264. The van der Waals surface area contributed by atoms with E-state index < -0.39 is 0 Å². The second-order valence-corrected chi connectivity index (χ2v) is 5.05. The Balaban J connectivity index is 2.07. The maximum absolute atomic E-state index is 12.3. The Labute approximate surface area is 108 Å². The van der Waals surface area contributed by atoms with Crippen molar-refractivity contribution in [3.8, 4) is 0 Å². The van der Waals surface area contributed by atoms with Crippen LogP contribution in [0.25, 0.3) is 0 Å². The molecule has 1 aromatic heterocycles. The summed E-state index contributed by atoms with van der Waals surface area (Å²) >= 11 is 0. The maximum Gasteiger partial charge on any atom is 0.228 e. The van der Waals surface area contributed by atoms with Crippen LogP contribution >= 0.6 is 0 Å². The van der Waals surface area contributed by atoms with Crippen molar-refractivity contribution in [3.05, 3.63) is 29.6 Å². The molecule has 4 heteroatoms. The first-order valence-electron chi connectivity index (χ1n) is 6.44. The van der Waals surface area contributed by atoms with E-state index in [0.29, 0.717) is 12.3 Å². The maximum atomic E-state index is 12.3. The molecule has 2 heterocycles. The van der Waals surface area contributed by atoms with E-state index in [1.807, 2.05) is 19.1 Å². The fraction of sp³-hybridized carbons (Fsp3) is 0.571. The number of aliphatic hydroxyl groups excluding tert-OH is 1. The van der Waals surface area contributed by atoms with Crippen LogP contribution in [0.5, 0.6) is 0 Å². The van der Waals surface area contributed by atoms with Crippen LogP contribution in [0.1, 0.15) is 24.6 Å². The number of pyridine rings is 1. The van der Waals surface area contributed by atoms with E-state index in [0.717, 1.165) is 24.2 Å².